The van der Waals surface area contributed by atoms with Crippen LogP contribution in [0.4, 0.5) is 11.8 Å². The lowest BCUT2D eigenvalue weighted by Crippen LogP contribution is -2.39. The molecule has 0 atom stereocenters. The number of aliphatic hydroxyl groups is 1. The molecular formula is C13H22N4O. The zero-order valence-electron chi connectivity index (χ0n) is 11.2. The highest BCUT2D eigenvalue weighted by Crippen LogP contribution is 2.28. The van der Waals surface area contributed by atoms with Crippen LogP contribution in [0.25, 0.3) is 0 Å². The Hall–Kier alpha value is -1.36. The number of nitrogens with one attached hydrogen (secondary N) is 1. The molecule has 0 radical (unpaired) electrons. The molecule has 0 saturated heterocycles. The van der Waals surface area contributed by atoms with Crippen LogP contribution in [-0.2, 0) is 0 Å². The van der Waals surface area contributed by atoms with Gasteiger partial charge in [-0.05, 0) is 18.9 Å². The van der Waals surface area contributed by atoms with Crippen LogP contribution in [0.3, 0.4) is 0 Å². The second kappa shape index (κ2) is 5.52. The highest BCUT2D eigenvalue weighted by molar-refractivity contribution is 5.40. The maximum atomic E-state index is 10.4. The third kappa shape index (κ3) is 3.32. The van der Waals surface area contributed by atoms with Crippen molar-refractivity contribution >= 4 is 11.8 Å². The largest absolute Gasteiger partial charge is 0.388 e. The maximum absolute atomic E-state index is 10.4. The zero-order valence-corrected chi connectivity index (χ0v) is 11.2. The Labute approximate surface area is 108 Å². The number of hydrogen-bond acceptors (Lipinski definition) is 5. The van der Waals surface area contributed by atoms with Crippen LogP contribution in [0.1, 0.15) is 32.1 Å². The van der Waals surface area contributed by atoms with Gasteiger partial charge in [-0.3, -0.25) is 0 Å². The molecule has 0 amide bonds. The Balaban J connectivity index is 1.95. The summed E-state index contributed by atoms with van der Waals surface area (Å²) in [6.45, 7) is 0.532. The lowest BCUT2D eigenvalue weighted by molar-refractivity contribution is 0.0166. The van der Waals surface area contributed by atoms with Crippen LogP contribution >= 0.6 is 0 Å². The van der Waals surface area contributed by atoms with E-state index in [0.717, 1.165) is 31.5 Å². The molecule has 100 valence electrons. The van der Waals surface area contributed by atoms with E-state index in [9.17, 15) is 5.11 Å². The Morgan fingerprint density at radius 3 is 2.72 bits per heavy atom. The average molecular weight is 250 g/mol. The maximum Gasteiger partial charge on any atom is 0.224 e. The Kier molecular flexibility index (Phi) is 4.01. The van der Waals surface area contributed by atoms with E-state index in [1.54, 1.807) is 6.20 Å². The first-order chi connectivity index (χ1) is 8.59. The normalized spacial score (nSPS) is 18.4. The summed E-state index contributed by atoms with van der Waals surface area (Å²) in [5.41, 5.74) is -0.588. The Bertz CT molecular complexity index is 388. The molecule has 1 aliphatic rings. The van der Waals surface area contributed by atoms with Crippen molar-refractivity contribution in [3.8, 4) is 0 Å². The zero-order chi connectivity index (χ0) is 13.0. The highest BCUT2D eigenvalue weighted by Gasteiger charge is 2.28. The number of anilines is 2. The summed E-state index contributed by atoms with van der Waals surface area (Å²) >= 11 is 0. The van der Waals surface area contributed by atoms with Gasteiger partial charge in [-0.2, -0.15) is 4.98 Å². The van der Waals surface area contributed by atoms with Gasteiger partial charge in [-0.1, -0.05) is 19.3 Å². The fraction of sp³-hybridized carbons (Fsp3) is 0.692. The molecule has 0 aliphatic heterocycles. The molecule has 5 heteroatoms. The summed E-state index contributed by atoms with van der Waals surface area (Å²) in [6, 6.07) is 1.86. The third-order valence-corrected chi connectivity index (χ3v) is 3.46. The molecule has 1 aromatic rings. The van der Waals surface area contributed by atoms with E-state index in [1.165, 1.54) is 6.42 Å². The van der Waals surface area contributed by atoms with Crippen molar-refractivity contribution < 1.29 is 5.11 Å². The van der Waals surface area contributed by atoms with Crippen molar-refractivity contribution in [1.29, 1.82) is 0 Å². The topological polar surface area (TPSA) is 61.3 Å². The standard InChI is InChI=1S/C13H22N4O/c1-17(2)11-6-9-14-12(16-11)15-10-13(18)7-4-3-5-8-13/h6,9,18H,3-5,7-8,10H2,1-2H3,(H,14,15,16). The van der Waals surface area contributed by atoms with Crippen LogP contribution < -0.4 is 10.2 Å². The van der Waals surface area contributed by atoms with Gasteiger partial charge in [0.15, 0.2) is 0 Å². The van der Waals surface area contributed by atoms with Crippen molar-refractivity contribution in [2.75, 3.05) is 30.9 Å². The molecule has 0 spiro atoms. The number of aromatic nitrogens is 2. The average Bonchev–Trinajstić information content (AvgIpc) is 2.38. The summed E-state index contributed by atoms with van der Waals surface area (Å²) in [6.07, 6.45) is 6.92. The lowest BCUT2D eigenvalue weighted by atomic mass is 9.85. The molecule has 1 heterocycles. The van der Waals surface area contributed by atoms with E-state index < -0.39 is 5.60 Å². The van der Waals surface area contributed by atoms with Crippen LogP contribution in [0.5, 0.6) is 0 Å². The van der Waals surface area contributed by atoms with E-state index in [0.29, 0.717) is 12.5 Å². The van der Waals surface area contributed by atoms with Gasteiger partial charge in [-0.15, -0.1) is 0 Å². The fourth-order valence-corrected chi connectivity index (χ4v) is 2.31. The van der Waals surface area contributed by atoms with Gasteiger partial charge in [0, 0.05) is 26.8 Å². The van der Waals surface area contributed by atoms with Gasteiger partial charge in [0.05, 0.1) is 5.60 Å². The molecule has 1 aliphatic carbocycles. The van der Waals surface area contributed by atoms with Gasteiger partial charge in [0.1, 0.15) is 5.82 Å². The minimum absolute atomic E-state index is 0.532. The monoisotopic (exact) mass is 250 g/mol. The van der Waals surface area contributed by atoms with Crippen LogP contribution in [0.2, 0.25) is 0 Å². The van der Waals surface area contributed by atoms with E-state index in [4.69, 9.17) is 0 Å². The Morgan fingerprint density at radius 2 is 2.06 bits per heavy atom. The molecule has 0 unspecified atom stereocenters. The van der Waals surface area contributed by atoms with E-state index in [1.807, 2.05) is 25.1 Å². The first kappa shape index (κ1) is 13.1. The van der Waals surface area contributed by atoms with Gasteiger partial charge >= 0.3 is 0 Å². The first-order valence-electron chi connectivity index (χ1n) is 6.56. The second-order valence-electron chi connectivity index (χ2n) is 5.27. The minimum atomic E-state index is -0.588. The van der Waals surface area contributed by atoms with Gasteiger partial charge in [0.25, 0.3) is 0 Å². The summed E-state index contributed by atoms with van der Waals surface area (Å²) in [5.74, 6) is 1.45. The molecule has 5 nitrogen and oxygen atoms in total. The molecule has 1 fully saturated rings. The Morgan fingerprint density at radius 1 is 1.33 bits per heavy atom. The smallest absolute Gasteiger partial charge is 0.224 e. The van der Waals surface area contributed by atoms with Gasteiger partial charge in [-0.25, -0.2) is 4.98 Å². The summed E-state index contributed by atoms with van der Waals surface area (Å²) in [5, 5.41) is 13.5. The molecule has 1 aromatic heterocycles. The van der Waals surface area contributed by atoms with Crippen LogP contribution in [-0.4, -0.2) is 41.3 Å². The van der Waals surface area contributed by atoms with Crippen molar-refractivity contribution in [3.63, 3.8) is 0 Å². The molecule has 2 N–H and O–H groups in total. The van der Waals surface area contributed by atoms with E-state index in [-0.39, 0.29) is 0 Å². The quantitative estimate of drug-likeness (QED) is 0.851. The van der Waals surface area contributed by atoms with Crippen LogP contribution in [0.15, 0.2) is 12.3 Å². The van der Waals surface area contributed by atoms with E-state index >= 15 is 0 Å². The van der Waals surface area contributed by atoms with Crippen molar-refractivity contribution in [2.45, 2.75) is 37.7 Å². The van der Waals surface area contributed by atoms with Crippen molar-refractivity contribution in [3.05, 3.63) is 12.3 Å². The number of hydrogen-bond donors (Lipinski definition) is 2. The van der Waals surface area contributed by atoms with Crippen molar-refractivity contribution in [1.82, 2.24) is 9.97 Å². The van der Waals surface area contributed by atoms with Gasteiger partial charge < -0.3 is 15.3 Å². The molecule has 2 rings (SSSR count). The SMILES string of the molecule is CN(C)c1ccnc(NCC2(O)CCCCC2)n1. The molecule has 0 bridgehead atoms. The molecule has 1 saturated carbocycles. The predicted molar refractivity (Wildman–Crippen MR) is 72.9 cm³/mol. The number of nitrogens with zero attached hydrogens (tertiary/aromatic N) is 3. The minimum Gasteiger partial charge on any atom is -0.388 e. The third-order valence-electron chi connectivity index (χ3n) is 3.46. The van der Waals surface area contributed by atoms with Crippen LogP contribution in [0, 0.1) is 0 Å². The number of rotatable bonds is 4. The van der Waals surface area contributed by atoms with Gasteiger partial charge in [0.2, 0.25) is 5.95 Å². The highest BCUT2D eigenvalue weighted by atomic mass is 16.3. The first-order valence-corrected chi connectivity index (χ1v) is 6.56. The second-order valence-corrected chi connectivity index (χ2v) is 5.27. The summed E-state index contributed by atoms with van der Waals surface area (Å²) < 4.78 is 0. The molecule has 0 aromatic carbocycles. The lowest BCUT2D eigenvalue weighted by Gasteiger charge is -2.32. The molecule has 18 heavy (non-hydrogen) atoms. The van der Waals surface area contributed by atoms with E-state index in [2.05, 4.69) is 15.3 Å². The summed E-state index contributed by atoms with van der Waals surface area (Å²) in [4.78, 5) is 10.5. The summed E-state index contributed by atoms with van der Waals surface area (Å²) in [7, 11) is 3.89. The fourth-order valence-electron chi connectivity index (χ4n) is 2.31. The predicted octanol–water partition coefficient (Wildman–Crippen LogP) is 1.65. The molecular weight excluding hydrogens is 228 g/mol. The van der Waals surface area contributed by atoms with Crippen molar-refractivity contribution in [2.24, 2.45) is 0 Å².